The number of amides is 4. The quantitative estimate of drug-likeness (QED) is 0.462. The smallest absolute Gasteiger partial charge is 0.325 e. The highest BCUT2D eigenvalue weighted by atomic mass is 16.5. The van der Waals surface area contributed by atoms with E-state index < -0.39 is 17.5 Å². The number of esters is 1. The van der Waals surface area contributed by atoms with Crippen LogP contribution in [0.5, 0.6) is 0 Å². The SMILES string of the molecule is CCOC(=O)C(CNC(=O)CCN1C(=O)NC2(CCCCC2)C1=O)Cc1ccccc1. The van der Waals surface area contributed by atoms with E-state index in [1.165, 1.54) is 0 Å². The highest BCUT2D eigenvalue weighted by Crippen LogP contribution is 2.33. The van der Waals surface area contributed by atoms with E-state index >= 15 is 0 Å². The number of nitrogens with one attached hydrogen (secondary N) is 2. The molecule has 1 heterocycles. The summed E-state index contributed by atoms with van der Waals surface area (Å²) in [7, 11) is 0. The monoisotopic (exact) mass is 429 g/mol. The van der Waals surface area contributed by atoms with Gasteiger partial charge in [0.05, 0.1) is 12.5 Å². The van der Waals surface area contributed by atoms with Crippen LogP contribution in [0.1, 0.15) is 51.0 Å². The van der Waals surface area contributed by atoms with E-state index in [0.29, 0.717) is 19.3 Å². The highest BCUT2D eigenvalue weighted by Gasteiger charge is 2.51. The standard InChI is InChI=1S/C23H31N3O5/c1-2-31-20(28)18(15-17-9-5-3-6-10-17)16-24-19(27)11-14-26-21(29)23(25-22(26)30)12-7-4-8-13-23/h3,5-6,9-10,18H,2,4,7-8,11-16H2,1H3,(H,24,27)(H,25,30). The normalized spacial score (nSPS) is 18.5. The van der Waals surface area contributed by atoms with Crippen LogP contribution in [0.25, 0.3) is 0 Å². The molecule has 1 unspecified atom stereocenters. The molecule has 8 nitrogen and oxygen atoms in total. The summed E-state index contributed by atoms with van der Waals surface area (Å²) in [4.78, 5) is 50.9. The largest absolute Gasteiger partial charge is 0.466 e. The molecule has 1 atom stereocenters. The van der Waals surface area contributed by atoms with Crippen LogP contribution in [0, 0.1) is 5.92 Å². The molecule has 4 amide bonds. The summed E-state index contributed by atoms with van der Waals surface area (Å²) in [6.07, 6.45) is 4.65. The van der Waals surface area contributed by atoms with Gasteiger partial charge in [-0.25, -0.2) is 4.79 Å². The van der Waals surface area contributed by atoms with Gasteiger partial charge in [-0.05, 0) is 31.7 Å². The average Bonchev–Trinajstić information content (AvgIpc) is 2.99. The molecule has 168 valence electrons. The third-order valence-electron chi connectivity index (χ3n) is 6.01. The Labute approximate surface area is 182 Å². The summed E-state index contributed by atoms with van der Waals surface area (Å²) in [5.74, 6) is -1.40. The molecule has 0 radical (unpaired) electrons. The zero-order valence-corrected chi connectivity index (χ0v) is 18.0. The lowest BCUT2D eigenvalue weighted by atomic mass is 9.82. The first-order valence-electron chi connectivity index (χ1n) is 11.1. The Balaban J connectivity index is 1.51. The van der Waals surface area contributed by atoms with Gasteiger partial charge in [0.25, 0.3) is 5.91 Å². The van der Waals surface area contributed by atoms with Gasteiger partial charge >= 0.3 is 12.0 Å². The van der Waals surface area contributed by atoms with Crippen molar-refractivity contribution >= 4 is 23.8 Å². The fourth-order valence-electron chi connectivity index (χ4n) is 4.31. The van der Waals surface area contributed by atoms with Gasteiger partial charge in [0.1, 0.15) is 5.54 Å². The number of hydrogen-bond acceptors (Lipinski definition) is 5. The molecule has 0 bridgehead atoms. The third kappa shape index (κ3) is 5.62. The van der Waals surface area contributed by atoms with E-state index in [9.17, 15) is 19.2 Å². The van der Waals surface area contributed by atoms with Gasteiger partial charge in [-0.15, -0.1) is 0 Å². The van der Waals surface area contributed by atoms with Crippen LogP contribution in [0.2, 0.25) is 0 Å². The third-order valence-corrected chi connectivity index (χ3v) is 6.01. The maximum atomic E-state index is 12.8. The van der Waals surface area contributed by atoms with Crippen molar-refractivity contribution in [3.05, 3.63) is 35.9 Å². The molecule has 1 aliphatic heterocycles. The number of nitrogens with zero attached hydrogens (tertiary/aromatic N) is 1. The number of rotatable bonds is 9. The van der Waals surface area contributed by atoms with Crippen LogP contribution in [-0.4, -0.2) is 54.0 Å². The zero-order valence-electron chi connectivity index (χ0n) is 18.0. The maximum absolute atomic E-state index is 12.8. The van der Waals surface area contributed by atoms with Gasteiger partial charge in [-0.3, -0.25) is 19.3 Å². The van der Waals surface area contributed by atoms with Gasteiger partial charge in [-0.1, -0.05) is 49.6 Å². The van der Waals surface area contributed by atoms with E-state index in [4.69, 9.17) is 4.74 Å². The minimum Gasteiger partial charge on any atom is -0.466 e. The van der Waals surface area contributed by atoms with Crippen LogP contribution in [0.3, 0.4) is 0 Å². The minimum absolute atomic E-state index is 0.00385. The van der Waals surface area contributed by atoms with E-state index in [0.717, 1.165) is 29.7 Å². The highest BCUT2D eigenvalue weighted by molar-refractivity contribution is 6.07. The minimum atomic E-state index is -0.781. The number of ether oxygens (including phenoxy) is 1. The van der Waals surface area contributed by atoms with Crippen LogP contribution in [-0.2, 0) is 25.5 Å². The Kier molecular flexibility index (Phi) is 7.65. The summed E-state index contributed by atoms with van der Waals surface area (Å²) in [5, 5.41) is 5.60. The number of carbonyl (C=O) groups excluding carboxylic acids is 4. The van der Waals surface area contributed by atoms with Gasteiger partial charge in [0.15, 0.2) is 0 Å². The number of imide groups is 1. The lowest BCUT2D eigenvalue weighted by Gasteiger charge is -2.30. The topological polar surface area (TPSA) is 105 Å². The Morgan fingerprint density at radius 1 is 1.16 bits per heavy atom. The van der Waals surface area contributed by atoms with Gasteiger partial charge in [0, 0.05) is 19.5 Å². The van der Waals surface area contributed by atoms with E-state index in [1.54, 1.807) is 6.92 Å². The maximum Gasteiger partial charge on any atom is 0.325 e. The Morgan fingerprint density at radius 3 is 2.55 bits per heavy atom. The molecule has 1 aromatic rings. The molecule has 1 saturated carbocycles. The number of hydrogen-bond donors (Lipinski definition) is 2. The fourth-order valence-corrected chi connectivity index (χ4v) is 4.31. The summed E-state index contributed by atoms with van der Waals surface area (Å²) in [6, 6.07) is 9.12. The van der Waals surface area contributed by atoms with Gasteiger partial charge < -0.3 is 15.4 Å². The first kappa shape index (κ1) is 22.8. The number of benzene rings is 1. The molecule has 3 rings (SSSR count). The summed E-state index contributed by atoms with van der Waals surface area (Å²) in [6.45, 7) is 2.18. The van der Waals surface area contributed by atoms with E-state index in [1.807, 2.05) is 30.3 Å². The summed E-state index contributed by atoms with van der Waals surface area (Å²) >= 11 is 0. The van der Waals surface area contributed by atoms with Crippen LogP contribution in [0.4, 0.5) is 4.79 Å². The number of urea groups is 1. The molecule has 2 aliphatic rings. The molecule has 1 aliphatic carbocycles. The van der Waals surface area contributed by atoms with Gasteiger partial charge in [-0.2, -0.15) is 0 Å². The molecule has 1 aromatic carbocycles. The van der Waals surface area contributed by atoms with Crippen LogP contribution < -0.4 is 10.6 Å². The molecule has 31 heavy (non-hydrogen) atoms. The zero-order chi connectivity index (χ0) is 22.3. The van der Waals surface area contributed by atoms with Gasteiger partial charge in [0.2, 0.25) is 5.91 Å². The lowest BCUT2D eigenvalue weighted by Crippen LogP contribution is -2.48. The molecule has 8 heteroatoms. The Morgan fingerprint density at radius 2 is 1.87 bits per heavy atom. The first-order chi connectivity index (χ1) is 14.9. The second kappa shape index (κ2) is 10.4. The second-order valence-electron chi connectivity index (χ2n) is 8.22. The first-order valence-corrected chi connectivity index (χ1v) is 11.1. The predicted molar refractivity (Wildman–Crippen MR) is 114 cm³/mol. The van der Waals surface area contributed by atoms with Crippen molar-refractivity contribution in [1.29, 1.82) is 0 Å². The van der Waals surface area contributed by atoms with Crippen molar-refractivity contribution in [2.24, 2.45) is 5.92 Å². The number of carbonyl (C=O) groups is 4. The fraction of sp³-hybridized carbons (Fsp3) is 0.565. The average molecular weight is 430 g/mol. The molecule has 2 N–H and O–H groups in total. The molecule has 0 aromatic heterocycles. The van der Waals surface area contributed by atoms with Crippen molar-refractivity contribution in [3.63, 3.8) is 0 Å². The van der Waals surface area contributed by atoms with Crippen molar-refractivity contribution in [2.45, 2.75) is 57.4 Å². The van der Waals surface area contributed by atoms with Crippen molar-refractivity contribution in [3.8, 4) is 0 Å². The van der Waals surface area contributed by atoms with E-state index in [2.05, 4.69) is 10.6 Å². The lowest BCUT2D eigenvalue weighted by molar-refractivity contribution is -0.147. The Hall–Kier alpha value is -2.90. The summed E-state index contributed by atoms with van der Waals surface area (Å²) in [5.41, 5.74) is 0.197. The van der Waals surface area contributed by atoms with Crippen molar-refractivity contribution in [2.75, 3.05) is 19.7 Å². The van der Waals surface area contributed by atoms with Crippen molar-refractivity contribution in [1.82, 2.24) is 15.5 Å². The molecule has 1 saturated heterocycles. The molecular weight excluding hydrogens is 398 g/mol. The van der Waals surface area contributed by atoms with Crippen LogP contribution in [0.15, 0.2) is 30.3 Å². The second-order valence-corrected chi connectivity index (χ2v) is 8.22. The van der Waals surface area contributed by atoms with Crippen LogP contribution >= 0.6 is 0 Å². The summed E-state index contributed by atoms with van der Waals surface area (Å²) < 4.78 is 5.15. The predicted octanol–water partition coefficient (Wildman–Crippen LogP) is 2.17. The molecule has 1 spiro atoms. The molecule has 2 fully saturated rings. The molecular formula is C23H31N3O5. The Bertz CT molecular complexity index is 805. The van der Waals surface area contributed by atoms with E-state index in [-0.39, 0.29) is 43.9 Å². The van der Waals surface area contributed by atoms with Crippen molar-refractivity contribution < 1.29 is 23.9 Å².